The van der Waals surface area contributed by atoms with Crippen LogP contribution >= 0.6 is 11.8 Å². The van der Waals surface area contributed by atoms with Gasteiger partial charge in [-0.15, -0.1) is 11.8 Å². The highest BCUT2D eigenvalue weighted by Gasteiger charge is 2.41. The highest BCUT2D eigenvalue weighted by Crippen LogP contribution is 2.31. The Hall–Kier alpha value is -0.950. The molecule has 2 atom stereocenters. The van der Waals surface area contributed by atoms with Gasteiger partial charge < -0.3 is 14.9 Å². The van der Waals surface area contributed by atoms with E-state index in [4.69, 9.17) is 0 Å². The second kappa shape index (κ2) is 6.87. The second-order valence-electron chi connectivity index (χ2n) is 6.17. The number of likely N-dealkylation sites (tertiary alicyclic amines) is 1. The summed E-state index contributed by atoms with van der Waals surface area (Å²) in [5.41, 5.74) is 0. The summed E-state index contributed by atoms with van der Waals surface area (Å²) < 4.78 is 0. The predicted octanol–water partition coefficient (Wildman–Crippen LogP) is 1.23. The van der Waals surface area contributed by atoms with Gasteiger partial charge >= 0.3 is 12.0 Å². The minimum absolute atomic E-state index is 0.0573. The normalized spacial score (nSPS) is 27.4. The minimum Gasteiger partial charge on any atom is -0.480 e. The molecule has 6 nitrogen and oxygen atoms in total. The number of urea groups is 1. The molecule has 1 N–H and O–H groups in total. The maximum absolute atomic E-state index is 12.6. The summed E-state index contributed by atoms with van der Waals surface area (Å²) in [6.07, 6.45) is 1.99. The first-order valence-corrected chi connectivity index (χ1v) is 8.51. The number of carboxylic acid groups (broad SMARTS) is 1. The molecule has 0 bridgehead atoms. The monoisotopic (exact) mass is 315 g/mol. The summed E-state index contributed by atoms with van der Waals surface area (Å²) in [5.74, 6) is 0.215. The van der Waals surface area contributed by atoms with E-state index in [1.165, 1.54) is 11.8 Å². The van der Waals surface area contributed by atoms with Crippen LogP contribution in [0.3, 0.4) is 0 Å². The van der Waals surface area contributed by atoms with Crippen molar-refractivity contribution in [2.24, 2.45) is 5.92 Å². The van der Waals surface area contributed by atoms with E-state index in [1.807, 2.05) is 11.8 Å². The Kier molecular flexibility index (Phi) is 5.37. The van der Waals surface area contributed by atoms with Gasteiger partial charge in [-0.1, -0.05) is 0 Å². The van der Waals surface area contributed by atoms with Gasteiger partial charge in [0.25, 0.3) is 0 Å². The van der Waals surface area contributed by atoms with Crippen molar-refractivity contribution in [1.29, 1.82) is 0 Å². The van der Waals surface area contributed by atoms with E-state index in [9.17, 15) is 14.7 Å². The third kappa shape index (κ3) is 3.83. The van der Waals surface area contributed by atoms with Crippen molar-refractivity contribution in [3.8, 4) is 0 Å². The number of carboxylic acids is 1. The van der Waals surface area contributed by atoms with E-state index in [-0.39, 0.29) is 11.4 Å². The third-order valence-electron chi connectivity index (χ3n) is 4.24. The average Bonchev–Trinajstić information content (AvgIpc) is 2.80. The quantitative estimate of drug-likeness (QED) is 0.848. The lowest BCUT2D eigenvalue weighted by Crippen LogP contribution is -2.53. The Balaban J connectivity index is 1.93. The molecule has 2 aliphatic heterocycles. The van der Waals surface area contributed by atoms with Gasteiger partial charge in [0.15, 0.2) is 0 Å². The number of aliphatic carboxylic acids is 1. The molecule has 2 amide bonds. The fourth-order valence-corrected chi connectivity index (χ4v) is 4.27. The van der Waals surface area contributed by atoms with Crippen LogP contribution in [0.4, 0.5) is 4.79 Å². The summed E-state index contributed by atoms with van der Waals surface area (Å²) in [6, 6.07) is -0.791. The Morgan fingerprint density at radius 2 is 1.90 bits per heavy atom. The molecule has 2 fully saturated rings. The molecule has 2 heterocycles. The minimum atomic E-state index is -0.900. The molecule has 2 rings (SSSR count). The predicted molar refractivity (Wildman–Crippen MR) is 83.4 cm³/mol. The number of rotatable bonds is 3. The number of carbonyl (C=O) groups excluding carboxylic acids is 1. The number of hydrogen-bond donors (Lipinski definition) is 1. The largest absolute Gasteiger partial charge is 0.480 e. The summed E-state index contributed by atoms with van der Waals surface area (Å²) in [7, 11) is 4.14. The fourth-order valence-electron chi connectivity index (χ4n) is 3.11. The van der Waals surface area contributed by atoms with Gasteiger partial charge in [-0.3, -0.25) is 4.90 Å². The molecule has 0 aromatic heterocycles. The molecule has 2 aliphatic rings. The topological polar surface area (TPSA) is 64.1 Å². The zero-order chi connectivity index (χ0) is 15.6. The molecular formula is C14H25N3O3S. The maximum atomic E-state index is 12.6. The van der Waals surface area contributed by atoms with Crippen molar-refractivity contribution in [2.45, 2.75) is 31.2 Å². The van der Waals surface area contributed by atoms with Gasteiger partial charge in [0.1, 0.15) is 6.04 Å². The zero-order valence-corrected chi connectivity index (χ0v) is 13.8. The molecule has 120 valence electrons. The lowest BCUT2D eigenvalue weighted by atomic mass is 9.96. The van der Waals surface area contributed by atoms with Gasteiger partial charge in [-0.05, 0) is 39.8 Å². The van der Waals surface area contributed by atoms with E-state index >= 15 is 0 Å². The molecule has 0 aromatic carbocycles. The first-order chi connectivity index (χ1) is 9.90. The highest BCUT2D eigenvalue weighted by atomic mass is 32.2. The molecule has 0 radical (unpaired) electrons. The van der Waals surface area contributed by atoms with Gasteiger partial charge in [-0.2, -0.15) is 0 Å². The SMILES string of the molecule is CC1SCC(C(=O)O)N1C(=O)N1CCC(CN(C)C)CC1. The van der Waals surface area contributed by atoms with Crippen molar-refractivity contribution in [2.75, 3.05) is 39.5 Å². The smallest absolute Gasteiger partial charge is 0.327 e. The van der Waals surface area contributed by atoms with Crippen molar-refractivity contribution >= 4 is 23.8 Å². The van der Waals surface area contributed by atoms with E-state index in [1.54, 1.807) is 4.90 Å². The molecule has 2 saturated heterocycles. The van der Waals surface area contributed by atoms with Gasteiger partial charge in [-0.25, -0.2) is 9.59 Å². The summed E-state index contributed by atoms with van der Waals surface area (Å²) in [5, 5.41) is 9.20. The molecule has 7 heteroatoms. The Morgan fingerprint density at radius 3 is 2.43 bits per heavy atom. The average molecular weight is 315 g/mol. The lowest BCUT2D eigenvalue weighted by Gasteiger charge is -2.37. The number of piperidine rings is 1. The van der Waals surface area contributed by atoms with Crippen molar-refractivity contribution in [3.05, 3.63) is 0 Å². The standard InChI is InChI=1S/C14H25N3O3S/c1-10-17(12(9-21-10)13(18)19)14(20)16-6-4-11(5-7-16)8-15(2)3/h10-12H,4-9H2,1-3H3,(H,18,19). The molecule has 0 spiro atoms. The van der Waals surface area contributed by atoms with Crippen LogP contribution in [-0.4, -0.2) is 82.7 Å². The number of nitrogens with zero attached hydrogens (tertiary/aromatic N) is 3. The summed E-state index contributed by atoms with van der Waals surface area (Å²) >= 11 is 1.53. The van der Waals surface area contributed by atoms with Crippen LogP contribution in [0.5, 0.6) is 0 Å². The molecule has 0 aliphatic carbocycles. The van der Waals surface area contributed by atoms with Crippen LogP contribution < -0.4 is 0 Å². The number of carbonyl (C=O) groups is 2. The van der Waals surface area contributed by atoms with Crippen molar-refractivity contribution in [3.63, 3.8) is 0 Å². The first-order valence-electron chi connectivity index (χ1n) is 7.46. The van der Waals surface area contributed by atoms with Crippen LogP contribution in [0.2, 0.25) is 0 Å². The summed E-state index contributed by atoms with van der Waals surface area (Å²) in [4.78, 5) is 29.5. The number of thioether (sulfide) groups is 1. The molecule has 21 heavy (non-hydrogen) atoms. The van der Waals surface area contributed by atoms with Crippen molar-refractivity contribution in [1.82, 2.24) is 14.7 Å². The van der Waals surface area contributed by atoms with E-state index in [0.717, 1.165) is 32.5 Å². The molecular weight excluding hydrogens is 290 g/mol. The zero-order valence-electron chi connectivity index (χ0n) is 13.0. The van der Waals surface area contributed by atoms with Gasteiger partial charge in [0, 0.05) is 25.4 Å². The Morgan fingerprint density at radius 1 is 1.29 bits per heavy atom. The number of hydrogen-bond acceptors (Lipinski definition) is 4. The fraction of sp³-hybridized carbons (Fsp3) is 0.857. The maximum Gasteiger partial charge on any atom is 0.327 e. The highest BCUT2D eigenvalue weighted by molar-refractivity contribution is 8.00. The first kappa shape index (κ1) is 16.4. The third-order valence-corrected chi connectivity index (χ3v) is 5.45. The van der Waals surface area contributed by atoms with E-state index in [0.29, 0.717) is 11.7 Å². The van der Waals surface area contributed by atoms with Crippen LogP contribution in [0.1, 0.15) is 19.8 Å². The van der Waals surface area contributed by atoms with Crippen LogP contribution in [-0.2, 0) is 4.79 Å². The second-order valence-corrected chi connectivity index (χ2v) is 7.52. The van der Waals surface area contributed by atoms with Crippen LogP contribution in [0.15, 0.2) is 0 Å². The van der Waals surface area contributed by atoms with Crippen LogP contribution in [0.25, 0.3) is 0 Å². The lowest BCUT2D eigenvalue weighted by molar-refractivity contribution is -0.141. The number of amides is 2. The molecule has 2 unspecified atom stereocenters. The van der Waals surface area contributed by atoms with Crippen LogP contribution in [0, 0.1) is 5.92 Å². The van der Waals surface area contributed by atoms with E-state index < -0.39 is 12.0 Å². The molecule has 0 saturated carbocycles. The van der Waals surface area contributed by atoms with Crippen molar-refractivity contribution < 1.29 is 14.7 Å². The summed E-state index contributed by atoms with van der Waals surface area (Å²) in [6.45, 7) is 4.43. The molecule has 0 aromatic rings. The van der Waals surface area contributed by atoms with E-state index in [2.05, 4.69) is 19.0 Å². The Labute approximate surface area is 130 Å². The van der Waals surface area contributed by atoms with Gasteiger partial charge in [0.2, 0.25) is 0 Å². The Bertz CT molecular complexity index is 397. The van der Waals surface area contributed by atoms with Gasteiger partial charge in [0.05, 0.1) is 5.37 Å².